The molecule has 230 valence electrons. The summed E-state index contributed by atoms with van der Waals surface area (Å²) >= 11 is 0. The van der Waals surface area contributed by atoms with E-state index in [4.69, 9.17) is 9.97 Å². The van der Waals surface area contributed by atoms with Crippen molar-refractivity contribution in [3.05, 3.63) is 78.6 Å². The molecule has 0 bridgehead atoms. The number of para-hydroxylation sites is 1. The average molecular weight is 592 g/mol. The maximum atomic E-state index is 4.84. The molecule has 1 atom stereocenters. The number of hydrogen-bond donors (Lipinski definition) is 2. The molecule has 2 fully saturated rings. The Morgan fingerprint density at radius 3 is 2.45 bits per heavy atom. The van der Waals surface area contributed by atoms with Crippen LogP contribution in [0.5, 0.6) is 0 Å². The third kappa shape index (κ3) is 7.10. The zero-order valence-electron chi connectivity index (χ0n) is 26.9. The summed E-state index contributed by atoms with van der Waals surface area (Å²) in [5.74, 6) is 3.21. The van der Waals surface area contributed by atoms with Crippen molar-refractivity contribution < 1.29 is 0 Å². The summed E-state index contributed by atoms with van der Waals surface area (Å²) in [4.78, 5) is 22.9. The van der Waals surface area contributed by atoms with Gasteiger partial charge in [-0.2, -0.15) is 4.98 Å². The van der Waals surface area contributed by atoms with Gasteiger partial charge in [0.05, 0.1) is 17.4 Å². The topological polar surface area (TPSA) is 106 Å². The van der Waals surface area contributed by atoms with Crippen LogP contribution in [0, 0.1) is 18.3 Å². The van der Waals surface area contributed by atoms with Gasteiger partial charge in [-0.25, -0.2) is 19.6 Å². The van der Waals surface area contributed by atoms with E-state index < -0.39 is 0 Å². The molecule has 1 saturated heterocycles. The van der Waals surface area contributed by atoms with E-state index in [1.807, 2.05) is 68.7 Å². The summed E-state index contributed by atoms with van der Waals surface area (Å²) in [7, 11) is 0. The number of pyridine rings is 2. The first-order valence-corrected chi connectivity index (χ1v) is 15.9. The van der Waals surface area contributed by atoms with Gasteiger partial charge < -0.3 is 10.6 Å². The Morgan fingerprint density at radius 2 is 1.77 bits per heavy atom. The van der Waals surface area contributed by atoms with Crippen LogP contribution in [-0.2, 0) is 0 Å². The van der Waals surface area contributed by atoms with E-state index >= 15 is 0 Å². The van der Waals surface area contributed by atoms with Gasteiger partial charge in [-0.15, -0.1) is 5.10 Å². The standard InChI is InChI=1S/C25H22N8.C8H17N.C2H6/c1-16-23-20(17-6-5-7-17)13-26-14-21(23)30-24(29-16)18-10-11-27-22(12-18)31-25-28-15-33(32-25)19-8-3-2-4-9-19;1-7-4-5-9-6-8(7,2)3;1-2/h2-4,8-15,17H,5-7H2,1H3,(H,27,31,32);7,9H,4-6H2,1-3H3;1-2H3. The number of nitrogens with one attached hydrogen (secondary N) is 2. The largest absolute Gasteiger partial charge is 0.316 e. The van der Waals surface area contributed by atoms with E-state index in [0.717, 1.165) is 33.8 Å². The number of benzene rings is 1. The van der Waals surface area contributed by atoms with E-state index in [1.165, 1.54) is 44.3 Å². The van der Waals surface area contributed by atoms with Gasteiger partial charge in [-0.3, -0.25) is 4.98 Å². The lowest BCUT2D eigenvalue weighted by Crippen LogP contribution is -2.41. The molecule has 1 aliphatic carbocycles. The Morgan fingerprint density at radius 1 is 0.977 bits per heavy atom. The molecule has 0 amide bonds. The van der Waals surface area contributed by atoms with Gasteiger partial charge in [-0.05, 0) is 79.8 Å². The van der Waals surface area contributed by atoms with Crippen LogP contribution in [-0.4, -0.2) is 47.8 Å². The quantitative estimate of drug-likeness (QED) is 0.215. The zero-order valence-corrected chi connectivity index (χ0v) is 26.9. The summed E-state index contributed by atoms with van der Waals surface area (Å²) in [6, 6.07) is 13.7. The second-order valence-corrected chi connectivity index (χ2v) is 12.1. The summed E-state index contributed by atoms with van der Waals surface area (Å²) in [5, 5.41) is 12.2. The van der Waals surface area contributed by atoms with Gasteiger partial charge >= 0.3 is 0 Å². The molecule has 9 heteroatoms. The molecule has 5 aromatic rings. The fourth-order valence-corrected chi connectivity index (χ4v) is 5.53. The molecule has 44 heavy (non-hydrogen) atoms. The van der Waals surface area contributed by atoms with Crippen LogP contribution in [0.1, 0.15) is 77.5 Å². The maximum absolute atomic E-state index is 4.84. The number of fused-ring (bicyclic) bond motifs is 1. The average Bonchev–Trinajstić information content (AvgIpc) is 3.48. The van der Waals surface area contributed by atoms with Crippen LogP contribution in [0.3, 0.4) is 0 Å². The minimum Gasteiger partial charge on any atom is -0.316 e. The molecular formula is C35H45N9. The Labute approximate surface area is 261 Å². The number of aromatic nitrogens is 7. The Hall–Kier alpha value is -4.24. The van der Waals surface area contributed by atoms with E-state index in [-0.39, 0.29) is 0 Å². The van der Waals surface area contributed by atoms with Gasteiger partial charge in [0.1, 0.15) is 12.1 Å². The van der Waals surface area contributed by atoms with Crippen molar-refractivity contribution in [3.8, 4) is 17.1 Å². The molecule has 1 aromatic carbocycles. The smallest absolute Gasteiger partial charge is 0.248 e. The minimum atomic E-state index is 0.466. The van der Waals surface area contributed by atoms with Crippen LogP contribution in [0.25, 0.3) is 28.0 Å². The Kier molecular flexibility index (Phi) is 9.95. The predicted octanol–water partition coefficient (Wildman–Crippen LogP) is 7.66. The van der Waals surface area contributed by atoms with Gasteiger partial charge in [0.2, 0.25) is 5.95 Å². The van der Waals surface area contributed by atoms with E-state index in [2.05, 4.69) is 58.4 Å². The number of anilines is 2. The van der Waals surface area contributed by atoms with Crippen LogP contribution < -0.4 is 10.6 Å². The van der Waals surface area contributed by atoms with Gasteiger partial charge in [0.25, 0.3) is 0 Å². The fraction of sp³-hybridized carbons (Fsp3) is 0.429. The van der Waals surface area contributed by atoms with E-state index in [0.29, 0.717) is 28.9 Å². The van der Waals surface area contributed by atoms with Crippen molar-refractivity contribution in [2.45, 2.75) is 73.1 Å². The van der Waals surface area contributed by atoms with Crippen LogP contribution in [0.15, 0.2) is 67.4 Å². The molecule has 2 aliphatic rings. The normalized spacial score (nSPS) is 17.5. The number of rotatable bonds is 5. The zero-order chi connectivity index (χ0) is 31.1. The van der Waals surface area contributed by atoms with Crippen molar-refractivity contribution in [3.63, 3.8) is 0 Å². The first-order valence-electron chi connectivity index (χ1n) is 15.9. The summed E-state index contributed by atoms with van der Waals surface area (Å²) in [6.45, 7) is 15.5. The number of hydrogen-bond acceptors (Lipinski definition) is 8. The van der Waals surface area contributed by atoms with E-state index in [9.17, 15) is 0 Å². The molecule has 5 heterocycles. The molecule has 7 rings (SSSR count). The van der Waals surface area contributed by atoms with Gasteiger partial charge in [0, 0.05) is 35.6 Å². The Balaban J connectivity index is 0.000000299. The molecule has 2 N–H and O–H groups in total. The lowest BCUT2D eigenvalue weighted by atomic mass is 9.76. The Bertz CT molecular complexity index is 1660. The molecule has 0 radical (unpaired) electrons. The highest BCUT2D eigenvalue weighted by molar-refractivity contribution is 5.85. The van der Waals surface area contributed by atoms with E-state index in [1.54, 1.807) is 17.2 Å². The molecule has 1 aliphatic heterocycles. The third-order valence-corrected chi connectivity index (χ3v) is 8.80. The SMILES string of the molecule is CC.CC1CCNCC1(C)C.Cc1nc(-c2ccnc(Nc3ncn(-c4ccccc4)n3)c2)nc2cncc(C3CCC3)c12. The summed E-state index contributed by atoms with van der Waals surface area (Å²) in [6.07, 6.45) is 12.3. The number of nitrogens with zero attached hydrogens (tertiary/aromatic N) is 7. The first kappa shape index (κ1) is 31.2. The second-order valence-electron chi connectivity index (χ2n) is 12.1. The van der Waals surface area contributed by atoms with Crippen molar-refractivity contribution >= 4 is 22.7 Å². The minimum absolute atomic E-state index is 0.466. The van der Waals surface area contributed by atoms with Crippen LogP contribution in [0.4, 0.5) is 11.8 Å². The highest BCUT2D eigenvalue weighted by Crippen LogP contribution is 2.40. The highest BCUT2D eigenvalue weighted by atomic mass is 15.4. The van der Waals surface area contributed by atoms with Crippen LogP contribution in [0.2, 0.25) is 0 Å². The maximum Gasteiger partial charge on any atom is 0.248 e. The molecule has 4 aromatic heterocycles. The van der Waals surface area contributed by atoms with Crippen LogP contribution >= 0.6 is 0 Å². The third-order valence-electron chi connectivity index (χ3n) is 8.80. The summed E-state index contributed by atoms with van der Waals surface area (Å²) in [5.41, 5.74) is 5.48. The van der Waals surface area contributed by atoms with Crippen molar-refractivity contribution in [2.75, 3.05) is 18.4 Å². The van der Waals surface area contributed by atoms with Gasteiger partial charge in [0.15, 0.2) is 5.82 Å². The molecule has 9 nitrogen and oxygen atoms in total. The number of piperidine rings is 1. The second kappa shape index (κ2) is 14.0. The lowest BCUT2D eigenvalue weighted by molar-refractivity contribution is 0.172. The first-order chi connectivity index (χ1) is 21.4. The monoisotopic (exact) mass is 591 g/mol. The van der Waals surface area contributed by atoms with Crippen molar-refractivity contribution in [2.24, 2.45) is 11.3 Å². The molecule has 0 spiro atoms. The summed E-state index contributed by atoms with van der Waals surface area (Å²) < 4.78 is 1.72. The molecule has 1 unspecified atom stereocenters. The molecular weight excluding hydrogens is 546 g/mol. The number of aryl methyl sites for hydroxylation is 1. The van der Waals surface area contributed by atoms with Gasteiger partial charge in [-0.1, -0.05) is 59.2 Å². The lowest BCUT2D eigenvalue weighted by Gasteiger charge is -2.36. The molecule has 1 saturated carbocycles. The predicted molar refractivity (Wildman–Crippen MR) is 178 cm³/mol. The highest BCUT2D eigenvalue weighted by Gasteiger charge is 2.28. The fourth-order valence-electron chi connectivity index (χ4n) is 5.53. The van der Waals surface area contributed by atoms with Crippen molar-refractivity contribution in [1.29, 1.82) is 0 Å². The van der Waals surface area contributed by atoms with Crippen molar-refractivity contribution in [1.82, 2.24) is 40.0 Å².